The van der Waals surface area contributed by atoms with Crippen molar-refractivity contribution in [2.45, 2.75) is 13.8 Å². The predicted octanol–water partition coefficient (Wildman–Crippen LogP) is 2.13. The fourth-order valence-electron chi connectivity index (χ4n) is 2.08. The molecular formula is C14H16N4O. The van der Waals surface area contributed by atoms with Crippen molar-refractivity contribution in [3.05, 3.63) is 30.1 Å². The molecule has 0 spiro atoms. The van der Waals surface area contributed by atoms with Gasteiger partial charge in [-0.25, -0.2) is 4.98 Å². The fourth-order valence-corrected chi connectivity index (χ4v) is 2.08. The molecular weight excluding hydrogens is 240 g/mol. The van der Waals surface area contributed by atoms with E-state index in [9.17, 15) is 4.79 Å². The number of imidazole rings is 1. The van der Waals surface area contributed by atoms with Crippen LogP contribution in [-0.4, -0.2) is 28.8 Å². The number of carbonyl (C=O) groups excluding carboxylic acids is 1. The largest absolute Gasteiger partial charge is 0.354 e. The third-order valence-electron chi connectivity index (χ3n) is 3.05. The van der Waals surface area contributed by atoms with Crippen LogP contribution in [0.4, 0.5) is 5.82 Å². The summed E-state index contributed by atoms with van der Waals surface area (Å²) in [6.07, 6.45) is 2.63. The van der Waals surface area contributed by atoms with E-state index in [1.807, 2.05) is 43.1 Å². The van der Waals surface area contributed by atoms with Crippen molar-refractivity contribution in [3.8, 4) is 6.07 Å². The minimum Gasteiger partial charge on any atom is -0.354 e. The lowest BCUT2D eigenvalue weighted by atomic mass is 10.2. The number of rotatable bonds is 5. The summed E-state index contributed by atoms with van der Waals surface area (Å²) in [4.78, 5) is 17.8. The molecule has 0 aromatic carbocycles. The maximum absolute atomic E-state index is 11.3. The zero-order valence-corrected chi connectivity index (χ0v) is 11.1. The minimum atomic E-state index is -0.107. The third-order valence-corrected chi connectivity index (χ3v) is 3.05. The Morgan fingerprint density at radius 2 is 2.37 bits per heavy atom. The fraction of sp³-hybridized carbons (Fsp3) is 0.357. The van der Waals surface area contributed by atoms with Crippen molar-refractivity contribution >= 4 is 17.8 Å². The minimum absolute atomic E-state index is 0.107. The van der Waals surface area contributed by atoms with Crippen LogP contribution in [0.5, 0.6) is 0 Å². The standard InChI is InChI=1S/C14H16N4O/c1-3-17(9-11(2)8-15)14-12(10-19)18-7-5-4-6-13(18)16-14/h4-7,10-11H,3,9H2,1-2H3. The molecule has 0 radical (unpaired) electrons. The Labute approximate surface area is 112 Å². The number of nitrogens with zero attached hydrogens (tertiary/aromatic N) is 4. The Morgan fingerprint density at radius 1 is 1.58 bits per heavy atom. The van der Waals surface area contributed by atoms with E-state index < -0.39 is 0 Å². The highest BCUT2D eigenvalue weighted by atomic mass is 16.1. The Kier molecular flexibility index (Phi) is 3.81. The Balaban J connectivity index is 2.48. The van der Waals surface area contributed by atoms with Crippen LogP contribution in [0.15, 0.2) is 24.4 Å². The number of nitriles is 1. The van der Waals surface area contributed by atoms with Gasteiger partial charge in [-0.05, 0) is 26.0 Å². The van der Waals surface area contributed by atoms with Crippen LogP contribution in [0.25, 0.3) is 5.65 Å². The molecule has 2 aromatic heterocycles. The number of carbonyl (C=O) groups is 1. The lowest BCUT2D eigenvalue weighted by Crippen LogP contribution is -2.29. The van der Waals surface area contributed by atoms with Gasteiger partial charge in [-0.15, -0.1) is 0 Å². The second-order valence-corrected chi connectivity index (χ2v) is 4.44. The number of hydrogen-bond donors (Lipinski definition) is 0. The molecule has 0 bridgehead atoms. The molecule has 2 aromatic rings. The molecule has 0 N–H and O–H groups in total. The summed E-state index contributed by atoms with van der Waals surface area (Å²) in [6, 6.07) is 7.81. The topological polar surface area (TPSA) is 61.4 Å². The molecule has 0 aliphatic rings. The number of anilines is 1. The van der Waals surface area contributed by atoms with Crippen molar-refractivity contribution in [3.63, 3.8) is 0 Å². The highest BCUT2D eigenvalue weighted by Crippen LogP contribution is 2.21. The summed E-state index contributed by atoms with van der Waals surface area (Å²) in [7, 11) is 0. The first-order valence-corrected chi connectivity index (χ1v) is 6.28. The average Bonchev–Trinajstić information content (AvgIpc) is 2.82. The predicted molar refractivity (Wildman–Crippen MR) is 73.2 cm³/mol. The molecule has 98 valence electrons. The van der Waals surface area contributed by atoms with E-state index in [1.165, 1.54) is 0 Å². The Hall–Kier alpha value is -2.35. The maximum Gasteiger partial charge on any atom is 0.170 e. The highest BCUT2D eigenvalue weighted by molar-refractivity contribution is 5.83. The molecule has 0 aliphatic heterocycles. The highest BCUT2D eigenvalue weighted by Gasteiger charge is 2.18. The number of hydrogen-bond acceptors (Lipinski definition) is 4. The Morgan fingerprint density at radius 3 is 3.00 bits per heavy atom. The first-order valence-electron chi connectivity index (χ1n) is 6.28. The summed E-state index contributed by atoms with van der Waals surface area (Å²) < 4.78 is 1.77. The normalized spacial score (nSPS) is 12.1. The van der Waals surface area contributed by atoms with Gasteiger partial charge in [0.2, 0.25) is 0 Å². The van der Waals surface area contributed by atoms with Crippen molar-refractivity contribution in [2.75, 3.05) is 18.0 Å². The van der Waals surface area contributed by atoms with E-state index in [2.05, 4.69) is 11.1 Å². The molecule has 2 heterocycles. The van der Waals surface area contributed by atoms with Gasteiger partial charge in [-0.3, -0.25) is 9.20 Å². The second-order valence-electron chi connectivity index (χ2n) is 4.44. The lowest BCUT2D eigenvalue weighted by Gasteiger charge is -2.22. The van der Waals surface area contributed by atoms with Gasteiger partial charge in [-0.1, -0.05) is 6.07 Å². The van der Waals surface area contributed by atoms with Crippen LogP contribution in [0.1, 0.15) is 24.3 Å². The molecule has 0 fully saturated rings. The van der Waals surface area contributed by atoms with Crippen molar-refractivity contribution < 1.29 is 4.79 Å². The van der Waals surface area contributed by atoms with Gasteiger partial charge in [0, 0.05) is 19.3 Å². The van der Waals surface area contributed by atoms with E-state index in [-0.39, 0.29) is 5.92 Å². The van der Waals surface area contributed by atoms with Crippen LogP contribution in [-0.2, 0) is 0 Å². The quantitative estimate of drug-likeness (QED) is 0.769. The van der Waals surface area contributed by atoms with E-state index in [4.69, 9.17) is 5.26 Å². The molecule has 0 saturated carbocycles. The Bertz CT molecular complexity index is 626. The summed E-state index contributed by atoms with van der Waals surface area (Å²) in [6.45, 7) is 5.12. The second kappa shape index (κ2) is 5.53. The number of aldehydes is 1. The van der Waals surface area contributed by atoms with Crippen LogP contribution >= 0.6 is 0 Å². The van der Waals surface area contributed by atoms with Gasteiger partial charge in [0.05, 0.1) is 12.0 Å². The molecule has 1 unspecified atom stereocenters. The van der Waals surface area contributed by atoms with Gasteiger partial charge < -0.3 is 4.90 Å². The number of aromatic nitrogens is 2. The SMILES string of the molecule is CCN(CC(C)C#N)c1nc2ccccn2c1C=O. The van der Waals surface area contributed by atoms with Crippen LogP contribution in [0.2, 0.25) is 0 Å². The van der Waals surface area contributed by atoms with Crippen LogP contribution in [0, 0.1) is 17.2 Å². The van der Waals surface area contributed by atoms with E-state index in [1.54, 1.807) is 4.40 Å². The van der Waals surface area contributed by atoms with Gasteiger partial charge in [0.15, 0.2) is 12.1 Å². The van der Waals surface area contributed by atoms with Crippen LogP contribution < -0.4 is 4.90 Å². The third kappa shape index (κ3) is 2.43. The van der Waals surface area contributed by atoms with Crippen molar-refractivity contribution in [1.29, 1.82) is 5.26 Å². The molecule has 0 aliphatic carbocycles. The van der Waals surface area contributed by atoms with Crippen molar-refractivity contribution in [2.24, 2.45) is 5.92 Å². The van der Waals surface area contributed by atoms with E-state index in [0.29, 0.717) is 24.6 Å². The van der Waals surface area contributed by atoms with Gasteiger partial charge in [0.1, 0.15) is 11.3 Å². The van der Waals surface area contributed by atoms with E-state index >= 15 is 0 Å². The lowest BCUT2D eigenvalue weighted by molar-refractivity contribution is 0.111. The maximum atomic E-state index is 11.3. The van der Waals surface area contributed by atoms with Gasteiger partial charge in [0.25, 0.3) is 0 Å². The van der Waals surface area contributed by atoms with Gasteiger partial charge >= 0.3 is 0 Å². The van der Waals surface area contributed by atoms with Crippen LogP contribution in [0.3, 0.4) is 0 Å². The first kappa shape index (κ1) is 13.1. The molecule has 5 heteroatoms. The van der Waals surface area contributed by atoms with E-state index in [0.717, 1.165) is 11.9 Å². The monoisotopic (exact) mass is 256 g/mol. The number of pyridine rings is 1. The summed E-state index contributed by atoms with van der Waals surface area (Å²) in [5, 5.41) is 8.92. The average molecular weight is 256 g/mol. The summed E-state index contributed by atoms with van der Waals surface area (Å²) in [5.74, 6) is 0.537. The molecule has 5 nitrogen and oxygen atoms in total. The number of fused-ring (bicyclic) bond motifs is 1. The molecule has 19 heavy (non-hydrogen) atoms. The smallest absolute Gasteiger partial charge is 0.170 e. The molecule has 1 atom stereocenters. The molecule has 0 amide bonds. The summed E-state index contributed by atoms with van der Waals surface area (Å²) in [5.41, 5.74) is 1.27. The van der Waals surface area contributed by atoms with Crippen molar-refractivity contribution in [1.82, 2.24) is 9.38 Å². The molecule has 0 saturated heterocycles. The summed E-state index contributed by atoms with van der Waals surface area (Å²) >= 11 is 0. The first-order chi connectivity index (χ1) is 9.21. The zero-order valence-electron chi connectivity index (χ0n) is 11.1. The molecule has 2 rings (SSSR count). The zero-order chi connectivity index (χ0) is 13.8. The van der Waals surface area contributed by atoms with Gasteiger partial charge in [-0.2, -0.15) is 5.26 Å².